The molecule has 0 bridgehead atoms. The number of benzene rings is 1. The van der Waals surface area contributed by atoms with Gasteiger partial charge < -0.3 is 5.73 Å². The fraction of sp³-hybridized carbons (Fsp3) is 0.385. The van der Waals surface area contributed by atoms with Crippen LogP contribution in [0.1, 0.15) is 36.3 Å². The van der Waals surface area contributed by atoms with Gasteiger partial charge in [-0.25, -0.2) is 0 Å². The molecule has 0 spiro atoms. The van der Waals surface area contributed by atoms with Crippen molar-refractivity contribution in [2.24, 2.45) is 5.73 Å². The zero-order chi connectivity index (χ0) is 9.80. The smallest absolute Gasteiger partial charge is 0.0555 e. The van der Waals surface area contributed by atoms with Gasteiger partial charge in [0.05, 0.1) is 6.54 Å². The van der Waals surface area contributed by atoms with Crippen molar-refractivity contribution in [3.63, 3.8) is 0 Å². The molecule has 1 fully saturated rings. The summed E-state index contributed by atoms with van der Waals surface area (Å²) in [6.07, 6.45) is 4.10. The van der Waals surface area contributed by atoms with E-state index < -0.39 is 0 Å². The molecule has 1 aliphatic carbocycles. The first-order chi connectivity index (χ1) is 6.90. The molecule has 0 radical (unpaired) electrons. The summed E-state index contributed by atoms with van der Waals surface area (Å²) in [6.45, 7) is 0.435. The van der Waals surface area contributed by atoms with Crippen LogP contribution in [0.5, 0.6) is 0 Å². The van der Waals surface area contributed by atoms with E-state index in [9.17, 15) is 0 Å². The SMILES string of the molecule is NCC#Cc1ccc(C2CCC2)cc1. The van der Waals surface area contributed by atoms with Gasteiger partial charge in [0.2, 0.25) is 0 Å². The van der Waals surface area contributed by atoms with Gasteiger partial charge in [-0.15, -0.1) is 0 Å². The minimum absolute atomic E-state index is 0.435. The van der Waals surface area contributed by atoms with E-state index in [0.29, 0.717) is 6.54 Å². The summed E-state index contributed by atoms with van der Waals surface area (Å²) < 4.78 is 0. The highest BCUT2D eigenvalue weighted by Crippen LogP contribution is 2.36. The minimum Gasteiger partial charge on any atom is -0.320 e. The van der Waals surface area contributed by atoms with E-state index in [1.165, 1.54) is 24.8 Å². The summed E-state index contributed by atoms with van der Waals surface area (Å²) in [6, 6.07) is 8.58. The zero-order valence-electron chi connectivity index (χ0n) is 8.29. The number of nitrogens with two attached hydrogens (primary N) is 1. The Morgan fingerprint density at radius 1 is 1.21 bits per heavy atom. The van der Waals surface area contributed by atoms with Crippen molar-refractivity contribution < 1.29 is 0 Å². The summed E-state index contributed by atoms with van der Waals surface area (Å²) in [5.74, 6) is 6.70. The Morgan fingerprint density at radius 3 is 2.43 bits per heavy atom. The Bertz CT molecular complexity index is 349. The normalized spacial score (nSPS) is 15.5. The average molecular weight is 185 g/mol. The van der Waals surface area contributed by atoms with Crippen molar-refractivity contribution in [3.05, 3.63) is 35.4 Å². The van der Waals surface area contributed by atoms with E-state index in [1.54, 1.807) is 0 Å². The maximum atomic E-state index is 5.31. The molecule has 14 heavy (non-hydrogen) atoms. The van der Waals surface area contributed by atoms with Gasteiger partial charge in [0, 0.05) is 5.56 Å². The van der Waals surface area contributed by atoms with Crippen molar-refractivity contribution >= 4 is 0 Å². The van der Waals surface area contributed by atoms with Gasteiger partial charge in [-0.2, -0.15) is 0 Å². The molecule has 1 aromatic carbocycles. The second-order valence-electron chi connectivity index (χ2n) is 3.76. The first-order valence-corrected chi connectivity index (χ1v) is 5.19. The topological polar surface area (TPSA) is 26.0 Å². The Balaban J connectivity index is 2.09. The molecule has 1 nitrogen and oxygen atoms in total. The first-order valence-electron chi connectivity index (χ1n) is 5.19. The van der Waals surface area contributed by atoms with E-state index in [1.807, 2.05) is 0 Å². The van der Waals surface area contributed by atoms with Crippen LogP contribution in [0.3, 0.4) is 0 Å². The zero-order valence-corrected chi connectivity index (χ0v) is 8.29. The minimum atomic E-state index is 0.435. The predicted octanol–water partition coefficient (Wildman–Crippen LogP) is 2.26. The molecule has 1 heteroatoms. The molecule has 0 heterocycles. The Morgan fingerprint density at radius 2 is 1.93 bits per heavy atom. The maximum Gasteiger partial charge on any atom is 0.0555 e. The van der Waals surface area contributed by atoms with Crippen LogP contribution < -0.4 is 5.73 Å². The van der Waals surface area contributed by atoms with E-state index in [4.69, 9.17) is 5.73 Å². The van der Waals surface area contributed by atoms with Crippen LogP contribution in [0.15, 0.2) is 24.3 Å². The molecule has 1 aromatic rings. The molecule has 0 aliphatic heterocycles. The molecule has 1 saturated carbocycles. The highest BCUT2D eigenvalue weighted by Gasteiger charge is 2.18. The second-order valence-corrected chi connectivity index (χ2v) is 3.76. The molecular weight excluding hydrogens is 170 g/mol. The van der Waals surface area contributed by atoms with Crippen LogP contribution in [0.25, 0.3) is 0 Å². The van der Waals surface area contributed by atoms with Crippen molar-refractivity contribution in [2.45, 2.75) is 25.2 Å². The predicted molar refractivity (Wildman–Crippen MR) is 59.0 cm³/mol. The highest BCUT2D eigenvalue weighted by atomic mass is 14.5. The molecule has 0 aromatic heterocycles. The van der Waals surface area contributed by atoms with Crippen molar-refractivity contribution in [1.29, 1.82) is 0 Å². The number of rotatable bonds is 1. The van der Waals surface area contributed by atoms with Gasteiger partial charge in [0.15, 0.2) is 0 Å². The Hall–Kier alpha value is -1.26. The number of hydrogen-bond acceptors (Lipinski definition) is 1. The fourth-order valence-corrected chi connectivity index (χ4v) is 1.73. The highest BCUT2D eigenvalue weighted by molar-refractivity contribution is 5.37. The average Bonchev–Trinajstić information content (AvgIpc) is 2.14. The molecule has 0 atom stereocenters. The molecule has 1 aliphatic rings. The third-order valence-corrected chi connectivity index (χ3v) is 2.82. The van der Waals surface area contributed by atoms with E-state index in [2.05, 4.69) is 36.1 Å². The van der Waals surface area contributed by atoms with Crippen LogP contribution in [0.2, 0.25) is 0 Å². The monoisotopic (exact) mass is 185 g/mol. The van der Waals surface area contributed by atoms with Gasteiger partial charge in [0.1, 0.15) is 0 Å². The summed E-state index contributed by atoms with van der Waals surface area (Å²) >= 11 is 0. The maximum absolute atomic E-state index is 5.31. The van der Waals surface area contributed by atoms with Crippen LogP contribution >= 0.6 is 0 Å². The molecule has 0 amide bonds. The Labute approximate surface area is 85.3 Å². The van der Waals surface area contributed by atoms with Crippen molar-refractivity contribution in [3.8, 4) is 11.8 Å². The van der Waals surface area contributed by atoms with Crippen molar-refractivity contribution in [1.82, 2.24) is 0 Å². The molecular formula is C13H15N. The van der Waals surface area contributed by atoms with Gasteiger partial charge in [0.25, 0.3) is 0 Å². The van der Waals surface area contributed by atoms with Gasteiger partial charge in [-0.3, -0.25) is 0 Å². The molecule has 0 unspecified atom stereocenters. The summed E-state index contributed by atoms with van der Waals surface area (Å²) in [7, 11) is 0. The lowest BCUT2D eigenvalue weighted by Gasteiger charge is -2.25. The standard InChI is InChI=1S/C13H15N/c14-10-2-3-11-6-8-13(9-7-11)12-4-1-5-12/h6-9,12H,1,4-5,10,14H2. The van der Waals surface area contributed by atoms with E-state index in [-0.39, 0.29) is 0 Å². The lowest BCUT2D eigenvalue weighted by molar-refractivity contribution is 0.420. The van der Waals surface area contributed by atoms with Crippen LogP contribution in [0, 0.1) is 11.8 Å². The molecule has 72 valence electrons. The Kier molecular flexibility index (Phi) is 2.86. The van der Waals surface area contributed by atoms with Crippen LogP contribution in [0.4, 0.5) is 0 Å². The van der Waals surface area contributed by atoms with Crippen LogP contribution in [-0.4, -0.2) is 6.54 Å². The van der Waals surface area contributed by atoms with Gasteiger partial charge in [-0.1, -0.05) is 30.4 Å². The molecule has 0 saturated heterocycles. The third kappa shape index (κ3) is 1.97. The second kappa shape index (κ2) is 4.30. The third-order valence-electron chi connectivity index (χ3n) is 2.82. The largest absolute Gasteiger partial charge is 0.320 e. The van der Waals surface area contributed by atoms with E-state index in [0.717, 1.165) is 11.5 Å². The summed E-state index contributed by atoms with van der Waals surface area (Å²) in [4.78, 5) is 0. The van der Waals surface area contributed by atoms with E-state index >= 15 is 0 Å². The van der Waals surface area contributed by atoms with Crippen molar-refractivity contribution in [2.75, 3.05) is 6.54 Å². The first kappa shape index (κ1) is 9.30. The fourth-order valence-electron chi connectivity index (χ4n) is 1.73. The number of hydrogen-bond donors (Lipinski definition) is 1. The van der Waals surface area contributed by atoms with Crippen LogP contribution in [-0.2, 0) is 0 Å². The summed E-state index contributed by atoms with van der Waals surface area (Å²) in [5.41, 5.74) is 7.85. The van der Waals surface area contributed by atoms with Gasteiger partial charge in [-0.05, 0) is 36.5 Å². The lowest BCUT2D eigenvalue weighted by atomic mass is 9.80. The molecule has 2 rings (SSSR count). The molecule has 2 N–H and O–H groups in total. The van der Waals surface area contributed by atoms with Gasteiger partial charge >= 0.3 is 0 Å². The quantitative estimate of drug-likeness (QED) is 0.667. The summed E-state index contributed by atoms with van der Waals surface area (Å²) in [5, 5.41) is 0. The lowest BCUT2D eigenvalue weighted by Crippen LogP contribution is -2.08.